The van der Waals surface area contributed by atoms with Crippen LogP contribution in [-0.2, 0) is 14.2 Å². The Labute approximate surface area is 195 Å². The summed E-state index contributed by atoms with van der Waals surface area (Å²) in [4.78, 5) is 17.3. The molecule has 2 aliphatic heterocycles. The Bertz CT molecular complexity index is 289. The standard InChI is InChI=1S/C8H16O2Si.C6H14O3Si.2C2H6.2CH4O.2H2O/c9-11-4-3-6-1-2-7-8(5-6)10-7;7-10-3-1-2-8-4-6-5-9-6;4*1-2;;/h6-9H,1-5,11H2;6-7H,1-5,10H2;2*1-2H3;2*2H,1H3;2*1H2. The van der Waals surface area contributed by atoms with Crippen LogP contribution in [0, 0.1) is 5.92 Å². The highest BCUT2D eigenvalue weighted by Crippen LogP contribution is 2.40. The highest BCUT2D eigenvalue weighted by Gasteiger charge is 2.43. The van der Waals surface area contributed by atoms with Gasteiger partial charge in [0, 0.05) is 20.8 Å². The number of rotatable bonds is 9. The minimum Gasteiger partial charge on any atom is -0.438 e. The highest BCUT2D eigenvalue weighted by atomic mass is 28.2. The summed E-state index contributed by atoms with van der Waals surface area (Å²) in [5, 5.41) is 14.0. The maximum atomic E-state index is 8.78. The van der Waals surface area contributed by atoms with Crippen LogP contribution in [-0.4, -0.2) is 103 Å². The highest BCUT2D eigenvalue weighted by molar-refractivity contribution is 6.25. The van der Waals surface area contributed by atoms with Gasteiger partial charge in [0.05, 0.1) is 25.4 Å². The summed E-state index contributed by atoms with van der Waals surface area (Å²) in [7, 11) is 0.596. The molecule has 0 spiro atoms. The van der Waals surface area contributed by atoms with Crippen molar-refractivity contribution < 1.29 is 45.0 Å². The van der Waals surface area contributed by atoms with Gasteiger partial charge in [-0.15, -0.1) is 0 Å². The lowest BCUT2D eigenvalue weighted by Gasteiger charge is -2.17. The monoisotopic (exact) mass is 494 g/mol. The van der Waals surface area contributed by atoms with E-state index < -0.39 is 19.5 Å². The van der Waals surface area contributed by atoms with Crippen molar-refractivity contribution in [2.45, 2.75) is 90.2 Å². The van der Waals surface area contributed by atoms with Crippen molar-refractivity contribution in [3.8, 4) is 0 Å². The Hall–Kier alpha value is 0.0738. The van der Waals surface area contributed by atoms with Gasteiger partial charge in [0.15, 0.2) is 19.5 Å². The summed E-state index contributed by atoms with van der Waals surface area (Å²) in [6.45, 7) is 10.4. The van der Waals surface area contributed by atoms with Crippen molar-refractivity contribution in [3.63, 3.8) is 0 Å². The number of fused-ring (bicyclic) bond motifs is 1. The van der Waals surface area contributed by atoms with E-state index in [0.29, 0.717) is 18.3 Å². The second kappa shape index (κ2) is 34.7. The lowest BCUT2D eigenvalue weighted by molar-refractivity contribution is 0.117. The number of aliphatic hydroxyl groups excluding tert-OH is 2. The van der Waals surface area contributed by atoms with Crippen molar-refractivity contribution in [1.29, 1.82) is 0 Å². The van der Waals surface area contributed by atoms with Crippen LogP contribution in [0.15, 0.2) is 0 Å². The average Bonchev–Trinajstić information content (AvgIpc) is 3.73. The molecule has 8 N–H and O–H groups in total. The second-order valence-electron chi connectivity index (χ2n) is 6.22. The zero-order chi connectivity index (χ0) is 22.9. The SMILES string of the molecule is CC.CC.CO.CO.O.O.O[SiH2]CCC1CCC2OC2C1.O[SiH2]CCCOCC1CO1. The lowest BCUT2D eigenvalue weighted by atomic mass is 9.88. The molecule has 11 heteroatoms. The molecule has 4 atom stereocenters. The van der Waals surface area contributed by atoms with Gasteiger partial charge in [0.25, 0.3) is 0 Å². The molecule has 2 saturated heterocycles. The maximum Gasteiger partial charge on any atom is 0.156 e. The summed E-state index contributed by atoms with van der Waals surface area (Å²) >= 11 is 0. The van der Waals surface area contributed by atoms with Gasteiger partial charge >= 0.3 is 0 Å². The molecule has 0 bridgehead atoms. The second-order valence-corrected chi connectivity index (χ2v) is 8.53. The largest absolute Gasteiger partial charge is 0.438 e. The van der Waals surface area contributed by atoms with E-state index in [2.05, 4.69) is 0 Å². The third-order valence-electron chi connectivity index (χ3n) is 4.29. The summed E-state index contributed by atoms with van der Waals surface area (Å²) in [6, 6.07) is 2.09. The van der Waals surface area contributed by atoms with E-state index in [1.54, 1.807) is 0 Å². The molecule has 0 radical (unpaired) electrons. The van der Waals surface area contributed by atoms with Gasteiger partial charge < -0.3 is 45.0 Å². The molecule has 31 heavy (non-hydrogen) atoms. The number of epoxide rings is 2. The average molecular weight is 495 g/mol. The van der Waals surface area contributed by atoms with Crippen LogP contribution in [0.4, 0.5) is 0 Å². The van der Waals surface area contributed by atoms with Crippen LogP contribution in [0.3, 0.4) is 0 Å². The van der Waals surface area contributed by atoms with Crippen LogP contribution in [0.1, 0.15) is 59.8 Å². The van der Waals surface area contributed by atoms with Crippen molar-refractivity contribution in [3.05, 3.63) is 0 Å². The number of hydrogen-bond acceptors (Lipinski definition) is 7. The number of aliphatic hydroxyl groups is 2. The van der Waals surface area contributed by atoms with Gasteiger partial charge in [-0.25, -0.2) is 0 Å². The first-order valence-electron chi connectivity index (χ1n) is 11.3. The van der Waals surface area contributed by atoms with Crippen LogP contribution in [0.5, 0.6) is 0 Å². The molecule has 0 aromatic heterocycles. The predicted octanol–water partition coefficient (Wildman–Crippen LogP) is -0.655. The molecule has 196 valence electrons. The van der Waals surface area contributed by atoms with Crippen molar-refractivity contribution >= 4 is 19.5 Å². The smallest absolute Gasteiger partial charge is 0.156 e. The van der Waals surface area contributed by atoms with E-state index in [4.69, 9.17) is 34.0 Å². The number of ether oxygens (including phenoxy) is 3. The molecule has 4 unspecified atom stereocenters. The third-order valence-corrected chi connectivity index (χ3v) is 5.83. The van der Waals surface area contributed by atoms with Crippen molar-refractivity contribution in [2.75, 3.05) is 34.0 Å². The van der Waals surface area contributed by atoms with Gasteiger partial charge in [-0.2, -0.15) is 0 Å². The van der Waals surface area contributed by atoms with E-state index in [1.165, 1.54) is 25.7 Å². The Morgan fingerprint density at radius 1 is 0.871 bits per heavy atom. The first-order valence-corrected chi connectivity index (χ1v) is 14.6. The molecule has 3 fully saturated rings. The van der Waals surface area contributed by atoms with E-state index in [9.17, 15) is 0 Å². The van der Waals surface area contributed by atoms with Gasteiger partial charge in [-0.1, -0.05) is 34.1 Å². The van der Waals surface area contributed by atoms with Crippen LogP contribution in [0.2, 0.25) is 12.1 Å². The molecule has 0 aromatic carbocycles. The van der Waals surface area contributed by atoms with E-state index >= 15 is 0 Å². The molecule has 3 aliphatic rings. The first kappa shape index (κ1) is 41.3. The Morgan fingerprint density at radius 3 is 1.87 bits per heavy atom. The molecular formula is C20H54O9Si2. The lowest BCUT2D eigenvalue weighted by Crippen LogP contribution is -2.13. The fourth-order valence-electron chi connectivity index (χ4n) is 2.82. The van der Waals surface area contributed by atoms with Gasteiger partial charge in [0.2, 0.25) is 0 Å². The third kappa shape index (κ3) is 28.0. The van der Waals surface area contributed by atoms with Crippen LogP contribution in [0.25, 0.3) is 0 Å². The summed E-state index contributed by atoms with van der Waals surface area (Å²) < 4.78 is 15.6. The van der Waals surface area contributed by atoms with Crippen LogP contribution < -0.4 is 0 Å². The number of hydrogen-bond donors (Lipinski definition) is 4. The molecule has 1 aliphatic carbocycles. The zero-order valence-electron chi connectivity index (χ0n) is 20.8. The van der Waals surface area contributed by atoms with Gasteiger partial charge in [0.1, 0.15) is 6.10 Å². The Morgan fingerprint density at radius 2 is 1.42 bits per heavy atom. The fourth-order valence-corrected chi connectivity index (χ4v) is 4.01. The minimum absolute atomic E-state index is 0. The summed E-state index contributed by atoms with van der Waals surface area (Å²) in [6.07, 6.45) is 7.81. The molecule has 3 rings (SSSR count). The molecule has 0 aromatic rings. The summed E-state index contributed by atoms with van der Waals surface area (Å²) in [5.74, 6) is 0.874. The Kier molecular flexibility index (Phi) is 46.2. The maximum absolute atomic E-state index is 8.78. The minimum atomic E-state index is -0.729. The van der Waals surface area contributed by atoms with Gasteiger partial charge in [-0.3, -0.25) is 0 Å². The zero-order valence-corrected chi connectivity index (χ0v) is 23.6. The molecule has 2 heterocycles. The topological polar surface area (TPSA) is 178 Å². The van der Waals surface area contributed by atoms with E-state index in [1.807, 2.05) is 27.7 Å². The molecule has 0 amide bonds. The fraction of sp³-hybridized carbons (Fsp3) is 1.00. The molecule has 1 saturated carbocycles. The van der Waals surface area contributed by atoms with Gasteiger partial charge in [-0.05, 0) is 43.7 Å². The summed E-state index contributed by atoms with van der Waals surface area (Å²) in [5.41, 5.74) is 0. The predicted molar refractivity (Wildman–Crippen MR) is 133 cm³/mol. The van der Waals surface area contributed by atoms with E-state index in [-0.39, 0.29) is 11.0 Å². The van der Waals surface area contributed by atoms with Crippen molar-refractivity contribution in [1.82, 2.24) is 0 Å². The molecular weight excluding hydrogens is 440 g/mol. The van der Waals surface area contributed by atoms with Crippen LogP contribution >= 0.6 is 0 Å². The normalized spacial score (nSPS) is 23.8. The molecule has 9 nitrogen and oxygen atoms in total. The quantitative estimate of drug-likeness (QED) is 0.187. The van der Waals surface area contributed by atoms with E-state index in [0.717, 1.165) is 58.5 Å². The first-order chi connectivity index (χ1) is 14.3. The van der Waals surface area contributed by atoms with Crippen molar-refractivity contribution in [2.24, 2.45) is 5.92 Å². The Balaban J connectivity index is -0.000000105.